The molecule has 1 amide bonds. The molecule has 0 aliphatic carbocycles. The molecule has 0 aliphatic heterocycles. The zero-order valence-electron chi connectivity index (χ0n) is 11.4. The highest BCUT2D eigenvalue weighted by molar-refractivity contribution is 5.67. The fourth-order valence-electron chi connectivity index (χ4n) is 1.45. The van der Waals surface area contributed by atoms with Crippen LogP contribution in [0.15, 0.2) is 29.3 Å². The molecule has 102 valence electrons. The Bertz CT molecular complexity index is 486. The Kier molecular flexibility index (Phi) is 5.27. The van der Waals surface area contributed by atoms with Gasteiger partial charge in [0, 0.05) is 6.54 Å². The summed E-state index contributed by atoms with van der Waals surface area (Å²) in [5, 5.41) is 2.67. The minimum Gasteiger partial charge on any atom is -0.444 e. The third-order valence-corrected chi connectivity index (χ3v) is 2.15. The topological polar surface area (TPSA) is 67.8 Å². The van der Waals surface area contributed by atoms with Gasteiger partial charge < -0.3 is 10.1 Å². The molecule has 1 aromatic rings. The number of hydrogen-bond acceptors (Lipinski definition) is 4. The largest absolute Gasteiger partial charge is 0.444 e. The summed E-state index contributed by atoms with van der Waals surface area (Å²) in [6, 6.07) is 7.46. The molecule has 0 aliphatic rings. The molecule has 19 heavy (non-hydrogen) atoms. The number of nitrogens with one attached hydrogen (secondary N) is 1. The van der Waals surface area contributed by atoms with E-state index in [1.807, 2.05) is 45.0 Å². The van der Waals surface area contributed by atoms with E-state index in [0.29, 0.717) is 13.1 Å². The van der Waals surface area contributed by atoms with Crippen molar-refractivity contribution in [3.05, 3.63) is 35.4 Å². The normalized spacial score (nSPS) is 10.5. The Balaban J connectivity index is 2.53. The van der Waals surface area contributed by atoms with E-state index in [1.54, 1.807) is 0 Å². The predicted octanol–water partition coefficient (Wildman–Crippen LogP) is 2.55. The molecule has 1 rings (SSSR count). The minimum atomic E-state index is -0.509. The maximum atomic E-state index is 11.5. The SMILES string of the molecule is CC(C)(C)OC(=O)NCc1cccc(CN=C=O)c1. The molecular weight excluding hydrogens is 244 g/mol. The summed E-state index contributed by atoms with van der Waals surface area (Å²) >= 11 is 0. The zero-order valence-corrected chi connectivity index (χ0v) is 11.4. The number of isocyanates is 1. The smallest absolute Gasteiger partial charge is 0.407 e. The quantitative estimate of drug-likeness (QED) is 0.669. The molecule has 5 heteroatoms. The van der Waals surface area contributed by atoms with E-state index in [-0.39, 0.29) is 0 Å². The molecule has 1 aromatic carbocycles. The molecule has 0 spiro atoms. The van der Waals surface area contributed by atoms with E-state index in [2.05, 4.69) is 10.3 Å². The van der Waals surface area contributed by atoms with Gasteiger partial charge in [-0.15, -0.1) is 0 Å². The van der Waals surface area contributed by atoms with Crippen LogP contribution >= 0.6 is 0 Å². The third kappa shape index (κ3) is 6.38. The van der Waals surface area contributed by atoms with Gasteiger partial charge in [0.25, 0.3) is 0 Å². The Labute approximate surface area is 112 Å². The number of amides is 1. The van der Waals surface area contributed by atoms with E-state index in [9.17, 15) is 9.59 Å². The first-order chi connectivity index (χ1) is 8.90. The van der Waals surface area contributed by atoms with Crippen LogP contribution in [-0.2, 0) is 22.6 Å². The monoisotopic (exact) mass is 262 g/mol. The number of carbonyl (C=O) groups excluding carboxylic acids is 2. The summed E-state index contributed by atoms with van der Waals surface area (Å²) < 4.78 is 5.13. The van der Waals surface area contributed by atoms with Gasteiger partial charge in [0.1, 0.15) is 5.60 Å². The minimum absolute atomic E-state index is 0.295. The molecule has 1 N–H and O–H groups in total. The number of nitrogens with zero attached hydrogens (tertiary/aromatic N) is 1. The maximum Gasteiger partial charge on any atom is 0.407 e. The van der Waals surface area contributed by atoms with Crippen molar-refractivity contribution in [2.45, 2.75) is 39.5 Å². The highest BCUT2D eigenvalue weighted by Crippen LogP contribution is 2.08. The first-order valence-corrected chi connectivity index (χ1v) is 5.99. The molecule has 0 atom stereocenters. The summed E-state index contributed by atoms with van der Waals surface area (Å²) in [6.07, 6.45) is 1.04. The van der Waals surface area contributed by atoms with Crippen molar-refractivity contribution >= 4 is 12.2 Å². The van der Waals surface area contributed by atoms with Crippen molar-refractivity contribution in [3.63, 3.8) is 0 Å². The summed E-state index contributed by atoms with van der Waals surface area (Å²) in [7, 11) is 0. The Morgan fingerprint density at radius 1 is 1.37 bits per heavy atom. The molecule has 0 unspecified atom stereocenters. The second kappa shape index (κ2) is 6.71. The van der Waals surface area contributed by atoms with E-state index in [1.165, 1.54) is 6.08 Å². The van der Waals surface area contributed by atoms with Crippen LogP contribution in [0.5, 0.6) is 0 Å². The van der Waals surface area contributed by atoms with Crippen LogP contribution in [0.25, 0.3) is 0 Å². The molecule has 5 nitrogen and oxygen atoms in total. The highest BCUT2D eigenvalue weighted by atomic mass is 16.6. The molecule has 0 fully saturated rings. The second-order valence-corrected chi connectivity index (χ2v) is 5.08. The average Bonchev–Trinajstić information content (AvgIpc) is 2.32. The van der Waals surface area contributed by atoms with Crippen LogP contribution in [0.2, 0.25) is 0 Å². The lowest BCUT2D eigenvalue weighted by Gasteiger charge is -2.19. The van der Waals surface area contributed by atoms with Crippen molar-refractivity contribution in [1.82, 2.24) is 5.32 Å². The summed E-state index contributed by atoms with van der Waals surface area (Å²) in [4.78, 5) is 25.0. The second-order valence-electron chi connectivity index (χ2n) is 5.08. The van der Waals surface area contributed by atoms with E-state index in [0.717, 1.165) is 11.1 Å². The van der Waals surface area contributed by atoms with Crippen LogP contribution in [-0.4, -0.2) is 17.8 Å². The van der Waals surface area contributed by atoms with E-state index >= 15 is 0 Å². The number of carbonyl (C=O) groups is 1. The van der Waals surface area contributed by atoms with E-state index < -0.39 is 11.7 Å². The average molecular weight is 262 g/mol. The van der Waals surface area contributed by atoms with Crippen LogP contribution in [0.3, 0.4) is 0 Å². The van der Waals surface area contributed by atoms with Gasteiger partial charge in [-0.1, -0.05) is 24.3 Å². The molecule has 0 aromatic heterocycles. The lowest BCUT2D eigenvalue weighted by molar-refractivity contribution is 0.0523. The summed E-state index contributed by atoms with van der Waals surface area (Å²) in [5.74, 6) is 0. The molecule has 0 saturated carbocycles. The lowest BCUT2D eigenvalue weighted by atomic mass is 10.1. The van der Waals surface area contributed by atoms with Crippen molar-refractivity contribution in [2.75, 3.05) is 0 Å². The number of benzene rings is 1. The third-order valence-electron chi connectivity index (χ3n) is 2.15. The van der Waals surface area contributed by atoms with Gasteiger partial charge >= 0.3 is 6.09 Å². The van der Waals surface area contributed by atoms with Crippen LogP contribution < -0.4 is 5.32 Å². The lowest BCUT2D eigenvalue weighted by Crippen LogP contribution is -2.32. The molecule has 0 saturated heterocycles. The maximum absolute atomic E-state index is 11.5. The van der Waals surface area contributed by atoms with Gasteiger partial charge in [0.15, 0.2) is 0 Å². The van der Waals surface area contributed by atoms with E-state index in [4.69, 9.17) is 4.74 Å². The standard InChI is InChI=1S/C14H18N2O3/c1-14(2,3)19-13(18)16-9-12-6-4-5-11(7-12)8-15-10-17/h4-7H,8-9H2,1-3H3,(H,16,18). The van der Waals surface area contributed by atoms with Crippen molar-refractivity contribution in [1.29, 1.82) is 0 Å². The van der Waals surface area contributed by atoms with Gasteiger partial charge in [0.05, 0.1) is 6.54 Å². The number of hydrogen-bond donors (Lipinski definition) is 1. The first kappa shape index (κ1) is 14.9. The zero-order chi connectivity index (χ0) is 14.3. The number of ether oxygens (including phenoxy) is 1. The first-order valence-electron chi connectivity index (χ1n) is 5.99. The molecule has 0 heterocycles. The van der Waals surface area contributed by atoms with Crippen LogP contribution in [0, 0.1) is 0 Å². The van der Waals surface area contributed by atoms with Crippen molar-refractivity contribution in [3.8, 4) is 0 Å². The van der Waals surface area contributed by atoms with Crippen LogP contribution in [0.1, 0.15) is 31.9 Å². The number of alkyl carbamates (subject to hydrolysis) is 1. The Hall–Kier alpha value is -2.13. The molecular formula is C14H18N2O3. The van der Waals surface area contributed by atoms with Crippen molar-refractivity contribution < 1.29 is 14.3 Å². The van der Waals surface area contributed by atoms with Crippen molar-refractivity contribution in [2.24, 2.45) is 4.99 Å². The summed E-state index contributed by atoms with van der Waals surface area (Å²) in [6.45, 7) is 6.09. The summed E-state index contributed by atoms with van der Waals surface area (Å²) in [5.41, 5.74) is 1.31. The molecule has 0 radical (unpaired) electrons. The van der Waals surface area contributed by atoms with Gasteiger partial charge in [-0.25, -0.2) is 14.6 Å². The Morgan fingerprint density at radius 3 is 2.68 bits per heavy atom. The number of rotatable bonds is 4. The fourth-order valence-corrected chi connectivity index (χ4v) is 1.45. The van der Waals surface area contributed by atoms with Gasteiger partial charge in [0.2, 0.25) is 6.08 Å². The van der Waals surface area contributed by atoms with Gasteiger partial charge in [-0.05, 0) is 31.9 Å². The van der Waals surface area contributed by atoms with Gasteiger partial charge in [-0.3, -0.25) is 0 Å². The predicted molar refractivity (Wildman–Crippen MR) is 71.3 cm³/mol. The fraction of sp³-hybridized carbons (Fsp3) is 0.429. The number of aliphatic imine (C=N–C) groups is 1. The van der Waals surface area contributed by atoms with Crippen LogP contribution in [0.4, 0.5) is 4.79 Å². The Morgan fingerprint density at radius 2 is 2.05 bits per heavy atom. The van der Waals surface area contributed by atoms with Gasteiger partial charge in [-0.2, -0.15) is 0 Å². The molecule has 0 bridgehead atoms. The highest BCUT2D eigenvalue weighted by Gasteiger charge is 2.15.